The predicted molar refractivity (Wildman–Crippen MR) is 96.8 cm³/mol. The van der Waals surface area contributed by atoms with Gasteiger partial charge in [-0.3, -0.25) is 9.59 Å². The molecule has 0 aliphatic heterocycles. The number of benzene rings is 2. The lowest BCUT2D eigenvalue weighted by atomic mass is 9.85. The largest absolute Gasteiger partial charge is 0.367 e. The second-order valence-electron chi connectivity index (χ2n) is 6.52. The van der Waals surface area contributed by atoms with Crippen molar-refractivity contribution in [3.8, 4) is 11.3 Å². The second kappa shape index (κ2) is 6.37. The second-order valence-corrected chi connectivity index (χ2v) is 6.52. The van der Waals surface area contributed by atoms with Crippen molar-refractivity contribution in [3.05, 3.63) is 70.3 Å². The van der Waals surface area contributed by atoms with Crippen LogP contribution in [0.3, 0.4) is 0 Å². The number of amides is 1. The molecule has 3 rings (SSSR count). The molecule has 6 heteroatoms. The van der Waals surface area contributed by atoms with E-state index in [4.69, 9.17) is 5.73 Å². The summed E-state index contributed by atoms with van der Waals surface area (Å²) >= 11 is 0. The molecule has 1 unspecified atom stereocenters. The Morgan fingerprint density at radius 1 is 1.15 bits per heavy atom. The minimum absolute atomic E-state index is 0.337. The molecular weight excluding hydrogens is 338 g/mol. The number of aromatic amines is 1. The van der Waals surface area contributed by atoms with Gasteiger partial charge in [0.2, 0.25) is 5.67 Å². The third kappa shape index (κ3) is 2.77. The molecule has 3 aromatic rings. The van der Waals surface area contributed by atoms with E-state index >= 15 is 4.39 Å². The molecule has 1 heterocycles. The summed E-state index contributed by atoms with van der Waals surface area (Å²) < 4.78 is 29.1. The van der Waals surface area contributed by atoms with E-state index in [0.717, 1.165) is 5.39 Å². The lowest BCUT2D eigenvalue weighted by molar-refractivity contribution is -0.133. The van der Waals surface area contributed by atoms with Gasteiger partial charge in [0.15, 0.2) is 0 Å². The van der Waals surface area contributed by atoms with Gasteiger partial charge < -0.3 is 10.7 Å². The summed E-state index contributed by atoms with van der Waals surface area (Å²) in [5.74, 6) is -2.39. The summed E-state index contributed by atoms with van der Waals surface area (Å²) in [6.07, 6.45) is 0. The molecule has 0 saturated heterocycles. The van der Waals surface area contributed by atoms with Gasteiger partial charge in [-0.2, -0.15) is 0 Å². The molecule has 2 aromatic carbocycles. The summed E-state index contributed by atoms with van der Waals surface area (Å²) in [7, 11) is 0. The number of carbonyl (C=O) groups excluding carboxylic acids is 1. The molecule has 26 heavy (non-hydrogen) atoms. The van der Waals surface area contributed by atoms with Gasteiger partial charge in [0.1, 0.15) is 5.82 Å². The Labute approximate surface area is 148 Å². The van der Waals surface area contributed by atoms with E-state index < -0.39 is 23.1 Å². The van der Waals surface area contributed by atoms with Gasteiger partial charge in [0.25, 0.3) is 11.5 Å². The standard InChI is InChI=1S/C20H18F2N2O2/c1-11(2)20(22,19(23)26)15-8-9-17(24-18(15)25)13-7-6-12-4-3-5-16(21)14(12)10-13/h3-11H,1-2H3,(H2,23,26)(H,24,25). The first-order valence-electron chi connectivity index (χ1n) is 8.16. The Kier molecular flexibility index (Phi) is 4.36. The SMILES string of the molecule is CC(C)C(F)(C(N)=O)c1ccc(-c2ccc3cccc(F)c3c2)[nH]c1=O. The Bertz CT molecular complexity index is 1060. The Hall–Kier alpha value is -3.02. The number of pyridine rings is 1. The smallest absolute Gasteiger partial charge is 0.260 e. The highest BCUT2D eigenvalue weighted by Gasteiger charge is 2.44. The van der Waals surface area contributed by atoms with Crippen LogP contribution in [0.4, 0.5) is 8.78 Å². The van der Waals surface area contributed by atoms with Crippen molar-refractivity contribution >= 4 is 16.7 Å². The van der Waals surface area contributed by atoms with E-state index in [-0.39, 0.29) is 11.4 Å². The highest BCUT2D eigenvalue weighted by molar-refractivity contribution is 5.87. The minimum atomic E-state index is -2.57. The number of primary amides is 1. The number of hydrogen-bond donors (Lipinski definition) is 2. The van der Waals surface area contributed by atoms with Crippen LogP contribution in [0.5, 0.6) is 0 Å². The van der Waals surface area contributed by atoms with Gasteiger partial charge in [-0.1, -0.05) is 38.1 Å². The van der Waals surface area contributed by atoms with Gasteiger partial charge in [-0.05, 0) is 35.2 Å². The highest BCUT2D eigenvalue weighted by atomic mass is 19.1. The zero-order chi connectivity index (χ0) is 19.1. The molecule has 0 radical (unpaired) electrons. The number of hydrogen-bond acceptors (Lipinski definition) is 2. The summed E-state index contributed by atoms with van der Waals surface area (Å²) in [6, 6.07) is 12.6. The van der Waals surface area contributed by atoms with E-state index in [1.165, 1.54) is 32.0 Å². The Morgan fingerprint density at radius 3 is 2.50 bits per heavy atom. The highest BCUT2D eigenvalue weighted by Crippen LogP contribution is 2.32. The van der Waals surface area contributed by atoms with Crippen molar-refractivity contribution in [2.24, 2.45) is 11.7 Å². The zero-order valence-corrected chi connectivity index (χ0v) is 14.3. The Morgan fingerprint density at radius 2 is 1.88 bits per heavy atom. The average Bonchev–Trinajstić information content (AvgIpc) is 2.60. The number of nitrogens with two attached hydrogens (primary N) is 1. The first kappa shape index (κ1) is 17.8. The first-order valence-corrected chi connectivity index (χ1v) is 8.16. The van der Waals surface area contributed by atoms with Crippen molar-refractivity contribution in [1.82, 2.24) is 4.98 Å². The molecule has 1 amide bonds. The van der Waals surface area contributed by atoms with Gasteiger partial charge in [0.05, 0.1) is 5.56 Å². The molecule has 4 nitrogen and oxygen atoms in total. The van der Waals surface area contributed by atoms with Gasteiger partial charge in [-0.15, -0.1) is 0 Å². The molecule has 0 aliphatic carbocycles. The quantitative estimate of drug-likeness (QED) is 0.749. The topological polar surface area (TPSA) is 76.0 Å². The number of rotatable bonds is 4. The van der Waals surface area contributed by atoms with Crippen LogP contribution in [-0.4, -0.2) is 10.9 Å². The van der Waals surface area contributed by atoms with Crippen LogP contribution in [0.25, 0.3) is 22.0 Å². The maximum Gasteiger partial charge on any atom is 0.260 e. The van der Waals surface area contributed by atoms with Gasteiger partial charge >= 0.3 is 0 Å². The normalized spacial score (nSPS) is 13.7. The van der Waals surface area contributed by atoms with Crippen LogP contribution in [0, 0.1) is 11.7 Å². The molecule has 3 N–H and O–H groups in total. The molecule has 0 aliphatic rings. The fourth-order valence-corrected chi connectivity index (χ4v) is 3.06. The molecular formula is C20H18F2N2O2. The number of nitrogens with one attached hydrogen (secondary N) is 1. The third-order valence-corrected chi connectivity index (χ3v) is 4.60. The summed E-state index contributed by atoms with van der Waals surface area (Å²) in [5.41, 5.74) is 2.50. The molecule has 1 aromatic heterocycles. The number of halogens is 2. The van der Waals surface area contributed by atoms with Crippen LogP contribution in [-0.2, 0) is 10.5 Å². The first-order chi connectivity index (χ1) is 12.2. The van der Waals surface area contributed by atoms with E-state index in [0.29, 0.717) is 16.6 Å². The van der Waals surface area contributed by atoms with E-state index in [1.54, 1.807) is 30.3 Å². The maximum atomic E-state index is 15.1. The fraction of sp³-hybridized carbons (Fsp3) is 0.200. The van der Waals surface area contributed by atoms with Gasteiger partial charge in [-0.25, -0.2) is 8.78 Å². The van der Waals surface area contributed by atoms with Crippen LogP contribution < -0.4 is 11.3 Å². The van der Waals surface area contributed by atoms with E-state index in [9.17, 15) is 14.0 Å². The van der Waals surface area contributed by atoms with E-state index in [1.807, 2.05) is 0 Å². The van der Waals surface area contributed by atoms with Crippen molar-refractivity contribution in [2.75, 3.05) is 0 Å². The number of alkyl halides is 1. The summed E-state index contributed by atoms with van der Waals surface area (Å²) in [4.78, 5) is 26.6. The molecule has 1 atom stereocenters. The molecule has 134 valence electrons. The summed E-state index contributed by atoms with van der Waals surface area (Å²) in [6.45, 7) is 2.95. The monoisotopic (exact) mass is 356 g/mol. The predicted octanol–water partition coefficient (Wildman–Crippen LogP) is 3.64. The average molecular weight is 356 g/mol. The van der Waals surface area contributed by atoms with Crippen LogP contribution in [0.15, 0.2) is 53.3 Å². The number of aromatic nitrogens is 1. The summed E-state index contributed by atoms with van der Waals surface area (Å²) in [5, 5.41) is 1.14. The maximum absolute atomic E-state index is 15.1. The van der Waals surface area contributed by atoms with Crippen LogP contribution in [0.2, 0.25) is 0 Å². The van der Waals surface area contributed by atoms with Crippen molar-refractivity contribution in [2.45, 2.75) is 19.5 Å². The minimum Gasteiger partial charge on any atom is -0.367 e. The number of fused-ring (bicyclic) bond motifs is 1. The molecule has 0 saturated carbocycles. The fourth-order valence-electron chi connectivity index (χ4n) is 3.06. The molecule has 0 bridgehead atoms. The Balaban J connectivity index is 2.12. The van der Waals surface area contributed by atoms with Gasteiger partial charge in [0, 0.05) is 17.0 Å². The van der Waals surface area contributed by atoms with Crippen LogP contribution >= 0.6 is 0 Å². The van der Waals surface area contributed by atoms with Crippen LogP contribution in [0.1, 0.15) is 19.4 Å². The molecule has 0 spiro atoms. The lowest BCUT2D eigenvalue weighted by Crippen LogP contribution is -2.45. The van der Waals surface area contributed by atoms with Crippen molar-refractivity contribution in [3.63, 3.8) is 0 Å². The van der Waals surface area contributed by atoms with E-state index in [2.05, 4.69) is 4.98 Å². The molecule has 0 fully saturated rings. The number of H-pyrrole nitrogens is 1. The number of carbonyl (C=O) groups is 1. The third-order valence-electron chi connectivity index (χ3n) is 4.60. The lowest BCUT2D eigenvalue weighted by Gasteiger charge is -2.25. The van der Waals surface area contributed by atoms with Crippen molar-refractivity contribution in [1.29, 1.82) is 0 Å². The van der Waals surface area contributed by atoms with Crippen molar-refractivity contribution < 1.29 is 13.6 Å². The zero-order valence-electron chi connectivity index (χ0n) is 14.3.